The summed E-state index contributed by atoms with van der Waals surface area (Å²) in [5.41, 5.74) is 1.61. The van der Waals surface area contributed by atoms with E-state index in [0.717, 1.165) is 23.7 Å². The van der Waals surface area contributed by atoms with Crippen LogP contribution in [0.25, 0.3) is 0 Å². The molecule has 0 atom stereocenters. The number of benzene rings is 1. The Kier molecular flexibility index (Phi) is 3.56. The fourth-order valence-corrected chi connectivity index (χ4v) is 2.41. The Bertz CT molecular complexity index is 637. The number of hydrogen-bond acceptors (Lipinski definition) is 4. The first-order valence-electron chi connectivity index (χ1n) is 6.91. The van der Waals surface area contributed by atoms with E-state index in [-0.39, 0.29) is 5.91 Å². The van der Waals surface area contributed by atoms with Crippen molar-refractivity contribution in [2.75, 3.05) is 32.1 Å². The van der Waals surface area contributed by atoms with Gasteiger partial charge in [-0.15, -0.1) is 0 Å². The van der Waals surface area contributed by atoms with E-state index in [1.165, 1.54) is 0 Å². The molecule has 110 valence electrons. The summed E-state index contributed by atoms with van der Waals surface area (Å²) in [6.07, 6.45) is 1.61. The number of rotatable bonds is 3. The maximum absolute atomic E-state index is 12.5. The van der Waals surface area contributed by atoms with Crippen molar-refractivity contribution in [3.05, 3.63) is 47.9 Å². The minimum Gasteiger partial charge on any atom is -0.490 e. The summed E-state index contributed by atoms with van der Waals surface area (Å²) in [6.45, 7) is 1.96. The van der Waals surface area contributed by atoms with Gasteiger partial charge in [0.1, 0.15) is 18.1 Å². The van der Waals surface area contributed by atoms with E-state index >= 15 is 0 Å². The van der Waals surface area contributed by atoms with Crippen LogP contribution in [-0.2, 0) is 6.54 Å². The van der Waals surface area contributed by atoms with Crippen LogP contribution in [0.15, 0.2) is 41.0 Å². The van der Waals surface area contributed by atoms with Crippen LogP contribution < -0.4 is 9.64 Å². The number of hydrogen-bond donors (Lipinski definition) is 0. The average Bonchev–Trinajstić information content (AvgIpc) is 2.99. The number of furan rings is 1. The van der Waals surface area contributed by atoms with Crippen LogP contribution in [0.1, 0.15) is 16.1 Å². The summed E-state index contributed by atoms with van der Waals surface area (Å²) < 4.78 is 10.9. The third kappa shape index (κ3) is 2.72. The Balaban J connectivity index is 1.79. The molecule has 0 bridgehead atoms. The molecule has 2 aromatic rings. The largest absolute Gasteiger partial charge is 0.490 e. The van der Waals surface area contributed by atoms with Gasteiger partial charge in [-0.1, -0.05) is 0 Å². The number of amides is 1. The minimum absolute atomic E-state index is 0.0341. The van der Waals surface area contributed by atoms with Crippen LogP contribution in [0.5, 0.6) is 5.75 Å². The van der Waals surface area contributed by atoms with E-state index in [1.54, 1.807) is 24.3 Å². The third-order valence-corrected chi connectivity index (χ3v) is 3.62. The lowest BCUT2D eigenvalue weighted by atomic mass is 10.1. The summed E-state index contributed by atoms with van der Waals surface area (Å²) in [7, 11) is 3.77. The predicted octanol–water partition coefficient (Wildman–Crippen LogP) is 2.38. The Morgan fingerprint density at radius 3 is 3.00 bits per heavy atom. The molecule has 1 aromatic carbocycles. The molecule has 1 aliphatic rings. The predicted molar refractivity (Wildman–Crippen MR) is 79.7 cm³/mol. The molecule has 0 saturated heterocycles. The normalized spacial score (nSPS) is 13.5. The number of nitrogens with zero attached hydrogens (tertiary/aromatic N) is 2. The maximum atomic E-state index is 12.5. The molecule has 5 heteroatoms. The molecule has 0 N–H and O–H groups in total. The van der Waals surface area contributed by atoms with E-state index in [2.05, 4.69) is 4.90 Å². The van der Waals surface area contributed by atoms with Gasteiger partial charge in [0.15, 0.2) is 0 Å². The highest BCUT2D eigenvalue weighted by Gasteiger charge is 2.19. The summed E-state index contributed by atoms with van der Waals surface area (Å²) in [5.74, 6) is 1.56. The zero-order valence-corrected chi connectivity index (χ0v) is 12.2. The molecule has 1 aromatic heterocycles. The first-order chi connectivity index (χ1) is 10.1. The van der Waals surface area contributed by atoms with Crippen LogP contribution >= 0.6 is 0 Å². The Morgan fingerprint density at radius 1 is 1.38 bits per heavy atom. The highest BCUT2D eigenvalue weighted by molar-refractivity contribution is 5.95. The molecule has 0 radical (unpaired) electrons. The number of fused-ring (bicyclic) bond motifs is 1. The Labute approximate surface area is 123 Å². The molecular weight excluding hydrogens is 268 g/mol. The highest BCUT2D eigenvalue weighted by Crippen LogP contribution is 2.31. The van der Waals surface area contributed by atoms with Gasteiger partial charge in [-0.25, -0.2) is 0 Å². The Hall–Kier alpha value is -2.43. The lowest BCUT2D eigenvalue weighted by Gasteiger charge is -2.28. The van der Waals surface area contributed by atoms with Gasteiger partial charge < -0.3 is 19.0 Å². The van der Waals surface area contributed by atoms with Crippen molar-refractivity contribution < 1.29 is 13.9 Å². The van der Waals surface area contributed by atoms with Crippen LogP contribution in [0.4, 0.5) is 5.69 Å². The molecule has 5 nitrogen and oxygen atoms in total. The molecule has 2 heterocycles. The van der Waals surface area contributed by atoms with E-state index in [1.807, 2.05) is 31.3 Å². The monoisotopic (exact) mass is 286 g/mol. The van der Waals surface area contributed by atoms with Crippen LogP contribution in [-0.4, -0.2) is 38.1 Å². The summed E-state index contributed by atoms with van der Waals surface area (Å²) in [6, 6.07) is 9.23. The molecular formula is C16H18N2O3. The van der Waals surface area contributed by atoms with Crippen molar-refractivity contribution in [1.82, 2.24) is 4.90 Å². The van der Waals surface area contributed by atoms with E-state index in [0.29, 0.717) is 18.7 Å². The fourth-order valence-electron chi connectivity index (χ4n) is 2.41. The first kappa shape index (κ1) is 13.5. The molecule has 0 spiro atoms. The third-order valence-electron chi connectivity index (χ3n) is 3.62. The van der Waals surface area contributed by atoms with Crippen LogP contribution in [0.3, 0.4) is 0 Å². The van der Waals surface area contributed by atoms with Gasteiger partial charge >= 0.3 is 0 Å². The minimum atomic E-state index is -0.0341. The molecule has 0 unspecified atom stereocenters. The lowest BCUT2D eigenvalue weighted by Crippen LogP contribution is -2.30. The molecule has 3 rings (SSSR count). The van der Waals surface area contributed by atoms with E-state index in [4.69, 9.17) is 9.15 Å². The van der Waals surface area contributed by atoms with Gasteiger partial charge in [0, 0.05) is 19.7 Å². The van der Waals surface area contributed by atoms with Crippen molar-refractivity contribution in [1.29, 1.82) is 0 Å². The molecule has 1 amide bonds. The summed E-state index contributed by atoms with van der Waals surface area (Å²) in [5, 5.41) is 0. The van der Waals surface area contributed by atoms with Crippen molar-refractivity contribution in [3.8, 4) is 5.75 Å². The van der Waals surface area contributed by atoms with Crippen molar-refractivity contribution >= 4 is 11.6 Å². The molecule has 1 aliphatic heterocycles. The van der Waals surface area contributed by atoms with Crippen molar-refractivity contribution in [3.63, 3.8) is 0 Å². The van der Waals surface area contributed by atoms with Crippen LogP contribution in [0, 0.1) is 0 Å². The van der Waals surface area contributed by atoms with Crippen molar-refractivity contribution in [2.45, 2.75) is 6.54 Å². The smallest absolute Gasteiger partial charge is 0.254 e. The van der Waals surface area contributed by atoms with Crippen LogP contribution in [0.2, 0.25) is 0 Å². The average molecular weight is 286 g/mol. The maximum Gasteiger partial charge on any atom is 0.254 e. The molecule has 0 fully saturated rings. The lowest BCUT2D eigenvalue weighted by molar-refractivity contribution is 0.0775. The zero-order valence-electron chi connectivity index (χ0n) is 12.2. The standard InChI is InChI=1S/C16H18N2O3/c1-17-7-9-21-15-6-5-12(10-14(15)17)16(19)18(2)11-13-4-3-8-20-13/h3-6,8,10H,7,9,11H2,1-2H3. The van der Waals surface area contributed by atoms with Crippen molar-refractivity contribution in [2.24, 2.45) is 0 Å². The topological polar surface area (TPSA) is 45.9 Å². The Morgan fingerprint density at radius 2 is 2.24 bits per heavy atom. The van der Waals surface area contributed by atoms with Gasteiger partial charge in [0.2, 0.25) is 0 Å². The molecule has 0 saturated carbocycles. The number of ether oxygens (including phenoxy) is 1. The molecule has 21 heavy (non-hydrogen) atoms. The fraction of sp³-hybridized carbons (Fsp3) is 0.312. The summed E-state index contributed by atoms with van der Waals surface area (Å²) in [4.78, 5) is 16.2. The second-order valence-electron chi connectivity index (χ2n) is 5.19. The number of likely N-dealkylation sites (N-methyl/N-ethyl adjacent to an activating group) is 1. The number of carbonyl (C=O) groups excluding carboxylic acids is 1. The number of carbonyl (C=O) groups is 1. The second-order valence-corrected chi connectivity index (χ2v) is 5.19. The first-order valence-corrected chi connectivity index (χ1v) is 6.91. The van der Waals surface area contributed by atoms with Gasteiger partial charge in [-0.3, -0.25) is 4.79 Å². The quantitative estimate of drug-likeness (QED) is 0.869. The zero-order chi connectivity index (χ0) is 14.8. The summed E-state index contributed by atoms with van der Waals surface area (Å²) >= 11 is 0. The van der Waals surface area contributed by atoms with E-state index in [9.17, 15) is 4.79 Å². The van der Waals surface area contributed by atoms with E-state index < -0.39 is 0 Å². The highest BCUT2D eigenvalue weighted by atomic mass is 16.5. The van der Waals surface area contributed by atoms with Gasteiger partial charge in [0.25, 0.3) is 5.91 Å². The van der Waals surface area contributed by atoms with Gasteiger partial charge in [-0.05, 0) is 30.3 Å². The number of anilines is 1. The molecule has 0 aliphatic carbocycles. The SMILES string of the molecule is CN(Cc1ccco1)C(=O)c1ccc2c(c1)N(C)CCO2. The van der Waals surface area contributed by atoms with Gasteiger partial charge in [-0.2, -0.15) is 0 Å². The van der Waals surface area contributed by atoms with Gasteiger partial charge in [0.05, 0.1) is 25.0 Å². The second kappa shape index (κ2) is 5.52.